The Kier molecular flexibility index (Phi) is 4.63. The highest BCUT2D eigenvalue weighted by molar-refractivity contribution is 5.82. The zero-order chi connectivity index (χ0) is 10.4. The second-order valence-electron chi connectivity index (χ2n) is 3.77. The number of rotatable bonds is 5. The van der Waals surface area contributed by atoms with Crippen molar-refractivity contribution >= 4 is 11.8 Å². The monoisotopic (exact) mass is 198 g/mol. The molecule has 3 nitrogen and oxygen atoms in total. The van der Waals surface area contributed by atoms with Gasteiger partial charge in [-0.05, 0) is 25.7 Å². The van der Waals surface area contributed by atoms with E-state index in [1.165, 1.54) is 0 Å². The molecular weight excluding hydrogens is 180 g/mol. The number of ether oxygens (including phenoxy) is 1. The fraction of sp³-hybridized carbons (Fsp3) is 0.818. The van der Waals surface area contributed by atoms with Gasteiger partial charge in [-0.3, -0.25) is 9.59 Å². The minimum Gasteiger partial charge on any atom is -0.466 e. The number of hydrogen-bond acceptors (Lipinski definition) is 3. The van der Waals surface area contributed by atoms with Gasteiger partial charge in [0.2, 0.25) is 0 Å². The van der Waals surface area contributed by atoms with Gasteiger partial charge in [0.25, 0.3) is 0 Å². The number of carbonyl (C=O) groups is 2. The van der Waals surface area contributed by atoms with Crippen molar-refractivity contribution in [3.05, 3.63) is 0 Å². The Hall–Kier alpha value is -0.860. The molecule has 3 heteroatoms. The molecule has 0 aromatic rings. The summed E-state index contributed by atoms with van der Waals surface area (Å²) < 4.78 is 4.94. The Morgan fingerprint density at radius 3 is 2.93 bits per heavy atom. The van der Waals surface area contributed by atoms with Crippen LogP contribution >= 0.6 is 0 Å². The van der Waals surface area contributed by atoms with Crippen LogP contribution in [0.5, 0.6) is 0 Å². The standard InChI is InChI=1S/C11H18O3/c1-2-11(13)14-8-4-6-9-5-3-7-10(9)12/h9H,2-8H2,1H3. The minimum absolute atomic E-state index is 0.150. The maximum Gasteiger partial charge on any atom is 0.305 e. The van der Waals surface area contributed by atoms with Crippen molar-refractivity contribution in [1.29, 1.82) is 0 Å². The third-order valence-corrected chi connectivity index (χ3v) is 2.68. The van der Waals surface area contributed by atoms with Crippen LogP contribution in [-0.4, -0.2) is 18.4 Å². The third kappa shape index (κ3) is 3.48. The number of hydrogen-bond donors (Lipinski definition) is 0. The Balaban J connectivity index is 2.03. The van der Waals surface area contributed by atoms with E-state index in [2.05, 4.69) is 0 Å². The number of ketones is 1. The van der Waals surface area contributed by atoms with Crippen LogP contribution in [0.2, 0.25) is 0 Å². The lowest BCUT2D eigenvalue weighted by molar-refractivity contribution is -0.143. The molecule has 1 fully saturated rings. The van der Waals surface area contributed by atoms with Crippen molar-refractivity contribution in [2.75, 3.05) is 6.61 Å². The SMILES string of the molecule is CCC(=O)OCCCC1CCCC1=O. The predicted molar refractivity (Wildman–Crippen MR) is 52.8 cm³/mol. The Morgan fingerprint density at radius 1 is 1.57 bits per heavy atom. The fourth-order valence-electron chi connectivity index (χ4n) is 1.81. The minimum atomic E-state index is -0.150. The van der Waals surface area contributed by atoms with Crippen LogP contribution in [0.25, 0.3) is 0 Å². The van der Waals surface area contributed by atoms with E-state index in [1.807, 2.05) is 0 Å². The van der Waals surface area contributed by atoms with E-state index < -0.39 is 0 Å². The maximum atomic E-state index is 11.3. The first kappa shape index (κ1) is 11.2. The van der Waals surface area contributed by atoms with Gasteiger partial charge in [0.15, 0.2) is 0 Å². The second-order valence-corrected chi connectivity index (χ2v) is 3.77. The molecule has 1 aliphatic carbocycles. The molecule has 0 amide bonds. The van der Waals surface area contributed by atoms with E-state index in [0.29, 0.717) is 18.8 Å². The number of carbonyl (C=O) groups excluding carboxylic acids is 2. The zero-order valence-corrected chi connectivity index (χ0v) is 8.75. The zero-order valence-electron chi connectivity index (χ0n) is 8.75. The van der Waals surface area contributed by atoms with Crippen molar-refractivity contribution in [2.24, 2.45) is 5.92 Å². The van der Waals surface area contributed by atoms with Crippen LogP contribution in [-0.2, 0) is 14.3 Å². The largest absolute Gasteiger partial charge is 0.466 e. The molecule has 0 bridgehead atoms. The Morgan fingerprint density at radius 2 is 2.36 bits per heavy atom. The molecule has 0 saturated heterocycles. The summed E-state index contributed by atoms with van der Waals surface area (Å²) in [5.74, 6) is 0.491. The lowest BCUT2D eigenvalue weighted by Crippen LogP contribution is -2.09. The van der Waals surface area contributed by atoms with Crippen molar-refractivity contribution in [2.45, 2.75) is 45.4 Å². The first-order valence-electron chi connectivity index (χ1n) is 5.42. The summed E-state index contributed by atoms with van der Waals surface area (Å²) in [7, 11) is 0. The number of Topliss-reactive ketones (excluding diaryl/α,β-unsaturated/α-hetero) is 1. The maximum absolute atomic E-state index is 11.3. The lowest BCUT2D eigenvalue weighted by Gasteiger charge is -2.07. The van der Waals surface area contributed by atoms with Gasteiger partial charge in [-0.15, -0.1) is 0 Å². The quantitative estimate of drug-likeness (QED) is 0.502. The first-order valence-corrected chi connectivity index (χ1v) is 5.42. The summed E-state index contributed by atoms with van der Waals surface area (Å²) in [6, 6.07) is 0. The molecule has 80 valence electrons. The molecule has 0 aromatic heterocycles. The molecule has 1 atom stereocenters. The van der Waals surface area contributed by atoms with Crippen LogP contribution in [0, 0.1) is 5.92 Å². The smallest absolute Gasteiger partial charge is 0.305 e. The van der Waals surface area contributed by atoms with Crippen molar-refractivity contribution < 1.29 is 14.3 Å². The molecule has 0 N–H and O–H groups in total. The van der Waals surface area contributed by atoms with Crippen LogP contribution in [0.4, 0.5) is 0 Å². The van der Waals surface area contributed by atoms with Gasteiger partial charge in [-0.25, -0.2) is 0 Å². The molecule has 0 heterocycles. The van der Waals surface area contributed by atoms with Crippen molar-refractivity contribution in [3.63, 3.8) is 0 Å². The topological polar surface area (TPSA) is 43.4 Å². The van der Waals surface area contributed by atoms with Crippen molar-refractivity contribution in [3.8, 4) is 0 Å². The summed E-state index contributed by atoms with van der Waals surface area (Å²) in [6.07, 6.45) is 4.96. The normalized spacial score (nSPS) is 21.2. The highest BCUT2D eigenvalue weighted by Gasteiger charge is 2.23. The summed E-state index contributed by atoms with van der Waals surface area (Å²) in [5.41, 5.74) is 0. The number of esters is 1. The van der Waals surface area contributed by atoms with Gasteiger partial charge in [0, 0.05) is 18.8 Å². The van der Waals surface area contributed by atoms with Gasteiger partial charge in [-0.1, -0.05) is 6.92 Å². The molecule has 1 unspecified atom stereocenters. The van der Waals surface area contributed by atoms with Crippen LogP contribution in [0.3, 0.4) is 0 Å². The average molecular weight is 198 g/mol. The Labute approximate surface area is 84.8 Å². The van der Waals surface area contributed by atoms with Gasteiger partial charge >= 0.3 is 5.97 Å². The second kappa shape index (κ2) is 5.78. The van der Waals surface area contributed by atoms with E-state index in [4.69, 9.17) is 4.74 Å². The molecule has 0 radical (unpaired) electrons. The fourth-order valence-corrected chi connectivity index (χ4v) is 1.81. The predicted octanol–water partition coefficient (Wildman–Crippen LogP) is 2.09. The van der Waals surface area contributed by atoms with E-state index in [1.54, 1.807) is 6.92 Å². The van der Waals surface area contributed by atoms with E-state index in [9.17, 15) is 9.59 Å². The van der Waals surface area contributed by atoms with Gasteiger partial charge in [0.1, 0.15) is 5.78 Å². The average Bonchev–Trinajstić information content (AvgIpc) is 2.58. The summed E-state index contributed by atoms with van der Waals surface area (Å²) in [5, 5.41) is 0. The van der Waals surface area contributed by atoms with Crippen LogP contribution in [0.15, 0.2) is 0 Å². The van der Waals surface area contributed by atoms with E-state index in [-0.39, 0.29) is 11.9 Å². The molecule has 1 aliphatic rings. The van der Waals surface area contributed by atoms with Gasteiger partial charge in [0.05, 0.1) is 6.61 Å². The highest BCUT2D eigenvalue weighted by atomic mass is 16.5. The Bertz CT molecular complexity index is 211. The van der Waals surface area contributed by atoms with E-state index >= 15 is 0 Å². The molecular formula is C11H18O3. The van der Waals surface area contributed by atoms with Crippen LogP contribution in [0.1, 0.15) is 45.4 Å². The van der Waals surface area contributed by atoms with E-state index in [0.717, 1.165) is 32.1 Å². The molecule has 0 spiro atoms. The molecule has 14 heavy (non-hydrogen) atoms. The molecule has 0 aliphatic heterocycles. The summed E-state index contributed by atoms with van der Waals surface area (Å²) in [4.78, 5) is 22.0. The summed E-state index contributed by atoms with van der Waals surface area (Å²) >= 11 is 0. The van der Waals surface area contributed by atoms with Crippen molar-refractivity contribution in [1.82, 2.24) is 0 Å². The van der Waals surface area contributed by atoms with Gasteiger partial charge in [-0.2, -0.15) is 0 Å². The first-order chi connectivity index (χ1) is 6.74. The summed E-state index contributed by atoms with van der Waals surface area (Å²) in [6.45, 7) is 2.25. The third-order valence-electron chi connectivity index (χ3n) is 2.68. The molecule has 1 saturated carbocycles. The molecule has 1 rings (SSSR count). The van der Waals surface area contributed by atoms with Crippen LogP contribution < -0.4 is 0 Å². The molecule has 0 aromatic carbocycles. The highest BCUT2D eigenvalue weighted by Crippen LogP contribution is 2.25. The van der Waals surface area contributed by atoms with Gasteiger partial charge < -0.3 is 4.74 Å². The lowest BCUT2D eigenvalue weighted by atomic mass is 10.0.